The molecule has 0 saturated heterocycles. The van der Waals surface area contributed by atoms with Gasteiger partial charge in [-0.3, -0.25) is 0 Å². The third kappa shape index (κ3) is 33.4. The molecule has 0 aromatic heterocycles. The smallest absolute Gasteiger partial charge is 0.0540 e. The van der Waals surface area contributed by atoms with Gasteiger partial charge in [0, 0.05) is 0 Å². The van der Waals surface area contributed by atoms with Crippen molar-refractivity contribution in [2.45, 2.75) is 206 Å². The topological polar surface area (TPSA) is 20.2 Å². The van der Waals surface area contributed by atoms with Crippen LogP contribution in [0.15, 0.2) is 24.3 Å². The van der Waals surface area contributed by atoms with E-state index in [-0.39, 0.29) is 6.10 Å². The molecule has 1 atom stereocenters. The Morgan fingerprint density at radius 2 is 0.595 bits per heavy atom. The Morgan fingerprint density at radius 3 is 0.892 bits per heavy atom. The van der Waals surface area contributed by atoms with Gasteiger partial charge in [0.15, 0.2) is 0 Å². The van der Waals surface area contributed by atoms with Gasteiger partial charge in [-0.25, -0.2) is 0 Å². The van der Waals surface area contributed by atoms with Crippen molar-refractivity contribution >= 4 is 0 Å². The first-order chi connectivity index (χ1) is 18.3. The van der Waals surface area contributed by atoms with E-state index in [1.807, 2.05) is 0 Å². The molecule has 1 nitrogen and oxygen atoms in total. The SMILES string of the molecule is CCCCCCCC=CCCCCCCCCC(O)CCCCCCCCC=CCCCCCCCC. The van der Waals surface area contributed by atoms with Gasteiger partial charge in [-0.2, -0.15) is 0 Å². The lowest BCUT2D eigenvalue weighted by atomic mass is 10.0. The molecule has 0 aliphatic rings. The number of rotatable bonds is 31. The predicted molar refractivity (Wildman–Crippen MR) is 170 cm³/mol. The molecule has 37 heavy (non-hydrogen) atoms. The van der Waals surface area contributed by atoms with E-state index >= 15 is 0 Å². The van der Waals surface area contributed by atoms with Gasteiger partial charge in [0.2, 0.25) is 0 Å². The maximum atomic E-state index is 10.3. The zero-order chi connectivity index (χ0) is 26.9. The molecule has 1 unspecified atom stereocenters. The van der Waals surface area contributed by atoms with Crippen LogP contribution in [0.5, 0.6) is 0 Å². The highest BCUT2D eigenvalue weighted by atomic mass is 16.3. The number of allylic oxidation sites excluding steroid dienone is 4. The van der Waals surface area contributed by atoms with Crippen molar-refractivity contribution in [2.75, 3.05) is 0 Å². The van der Waals surface area contributed by atoms with Gasteiger partial charge < -0.3 is 5.11 Å². The lowest BCUT2D eigenvalue weighted by molar-refractivity contribution is 0.147. The van der Waals surface area contributed by atoms with Crippen molar-refractivity contribution < 1.29 is 5.11 Å². The fourth-order valence-electron chi connectivity index (χ4n) is 5.22. The van der Waals surface area contributed by atoms with Gasteiger partial charge in [-0.05, 0) is 64.2 Å². The number of hydrogen-bond donors (Lipinski definition) is 1. The molecule has 0 rings (SSSR count). The Hall–Kier alpha value is -0.560. The molecule has 0 spiro atoms. The minimum Gasteiger partial charge on any atom is -0.393 e. The van der Waals surface area contributed by atoms with E-state index in [4.69, 9.17) is 0 Å². The molecule has 0 aromatic carbocycles. The molecule has 1 heteroatoms. The van der Waals surface area contributed by atoms with Crippen LogP contribution in [0.3, 0.4) is 0 Å². The minimum atomic E-state index is -0.0520. The number of hydrogen-bond acceptors (Lipinski definition) is 1. The van der Waals surface area contributed by atoms with Crippen LogP contribution in [-0.4, -0.2) is 11.2 Å². The molecular formula is C36H70O. The van der Waals surface area contributed by atoms with E-state index in [1.165, 1.54) is 173 Å². The van der Waals surface area contributed by atoms with Crippen molar-refractivity contribution in [1.29, 1.82) is 0 Å². The van der Waals surface area contributed by atoms with Gasteiger partial charge in [0.1, 0.15) is 0 Å². The van der Waals surface area contributed by atoms with Crippen molar-refractivity contribution in [1.82, 2.24) is 0 Å². The summed E-state index contributed by atoms with van der Waals surface area (Å²) >= 11 is 0. The van der Waals surface area contributed by atoms with Crippen LogP contribution in [0.4, 0.5) is 0 Å². The zero-order valence-corrected chi connectivity index (χ0v) is 25.8. The molecule has 0 aliphatic heterocycles. The van der Waals surface area contributed by atoms with Gasteiger partial charge in [-0.15, -0.1) is 0 Å². The fourth-order valence-corrected chi connectivity index (χ4v) is 5.22. The molecule has 0 fully saturated rings. The zero-order valence-electron chi connectivity index (χ0n) is 25.8. The lowest BCUT2D eigenvalue weighted by Gasteiger charge is -2.10. The normalized spacial score (nSPS) is 12.8. The van der Waals surface area contributed by atoms with Crippen LogP contribution in [0, 0.1) is 0 Å². The Bertz CT molecular complexity index is 452. The summed E-state index contributed by atoms with van der Waals surface area (Å²) in [5.74, 6) is 0. The average molecular weight is 519 g/mol. The van der Waals surface area contributed by atoms with Crippen LogP contribution in [-0.2, 0) is 0 Å². The van der Waals surface area contributed by atoms with E-state index < -0.39 is 0 Å². The quantitative estimate of drug-likeness (QED) is 0.0714. The summed E-state index contributed by atoms with van der Waals surface area (Å²) in [7, 11) is 0. The van der Waals surface area contributed by atoms with E-state index in [1.54, 1.807) is 0 Å². The highest BCUT2D eigenvalue weighted by Crippen LogP contribution is 2.15. The maximum Gasteiger partial charge on any atom is 0.0540 e. The first kappa shape index (κ1) is 36.4. The van der Waals surface area contributed by atoms with Crippen LogP contribution >= 0.6 is 0 Å². The average Bonchev–Trinajstić information content (AvgIpc) is 2.90. The van der Waals surface area contributed by atoms with E-state index in [0.29, 0.717) is 0 Å². The monoisotopic (exact) mass is 519 g/mol. The van der Waals surface area contributed by atoms with Crippen LogP contribution < -0.4 is 0 Å². The molecule has 0 amide bonds. The molecule has 0 radical (unpaired) electrons. The van der Waals surface area contributed by atoms with Gasteiger partial charge in [0.05, 0.1) is 6.10 Å². The number of unbranched alkanes of at least 4 members (excludes halogenated alkanes) is 23. The first-order valence-corrected chi connectivity index (χ1v) is 17.3. The predicted octanol–water partition coefficient (Wildman–Crippen LogP) is 12.8. The standard InChI is InChI=1S/C36H70O/c1-3-5-7-9-11-13-15-17-19-21-23-25-27-29-31-33-35-36(37)34-32-30-28-26-24-22-20-18-16-14-12-10-8-6-4-2/h16-19,36-37H,3-15,20-35H2,1-2H3. The summed E-state index contributed by atoms with van der Waals surface area (Å²) in [5, 5.41) is 10.3. The van der Waals surface area contributed by atoms with E-state index in [9.17, 15) is 5.11 Å². The summed E-state index contributed by atoms with van der Waals surface area (Å²) in [6.45, 7) is 4.57. The van der Waals surface area contributed by atoms with Gasteiger partial charge in [-0.1, -0.05) is 160 Å². The van der Waals surface area contributed by atoms with Gasteiger partial charge >= 0.3 is 0 Å². The molecule has 1 N–H and O–H groups in total. The van der Waals surface area contributed by atoms with Crippen molar-refractivity contribution in [3.05, 3.63) is 24.3 Å². The van der Waals surface area contributed by atoms with Crippen LogP contribution in [0.25, 0.3) is 0 Å². The molecule has 220 valence electrons. The maximum absolute atomic E-state index is 10.3. The summed E-state index contributed by atoms with van der Waals surface area (Å²) < 4.78 is 0. The molecule has 0 saturated carbocycles. The van der Waals surface area contributed by atoms with E-state index in [2.05, 4.69) is 38.2 Å². The molecule has 0 aromatic rings. The summed E-state index contributed by atoms with van der Waals surface area (Å²) in [6.07, 6.45) is 48.0. The van der Waals surface area contributed by atoms with Crippen LogP contribution in [0.1, 0.15) is 200 Å². The van der Waals surface area contributed by atoms with Crippen molar-refractivity contribution in [3.63, 3.8) is 0 Å². The Kier molecular flexibility index (Phi) is 33.0. The Labute approximate surface area is 235 Å². The third-order valence-corrected chi connectivity index (χ3v) is 7.85. The molecule has 0 bridgehead atoms. The number of aliphatic hydroxyl groups excluding tert-OH is 1. The van der Waals surface area contributed by atoms with Crippen molar-refractivity contribution in [3.8, 4) is 0 Å². The summed E-state index contributed by atoms with van der Waals surface area (Å²) in [4.78, 5) is 0. The highest BCUT2D eigenvalue weighted by Gasteiger charge is 2.03. The van der Waals surface area contributed by atoms with Gasteiger partial charge in [0.25, 0.3) is 0 Å². The van der Waals surface area contributed by atoms with Crippen molar-refractivity contribution in [2.24, 2.45) is 0 Å². The Balaban J connectivity index is 3.22. The highest BCUT2D eigenvalue weighted by molar-refractivity contribution is 4.82. The summed E-state index contributed by atoms with van der Waals surface area (Å²) in [6, 6.07) is 0. The van der Waals surface area contributed by atoms with E-state index in [0.717, 1.165) is 12.8 Å². The Morgan fingerprint density at radius 1 is 0.351 bits per heavy atom. The van der Waals surface area contributed by atoms with Crippen LogP contribution in [0.2, 0.25) is 0 Å². The molecule has 0 aliphatic carbocycles. The number of aliphatic hydroxyl groups is 1. The second-order valence-electron chi connectivity index (χ2n) is 11.8. The lowest BCUT2D eigenvalue weighted by Crippen LogP contribution is -2.05. The third-order valence-electron chi connectivity index (χ3n) is 7.85. The second kappa shape index (κ2) is 33.5. The molecular weight excluding hydrogens is 448 g/mol. The molecule has 0 heterocycles. The summed E-state index contributed by atoms with van der Waals surface area (Å²) in [5.41, 5.74) is 0. The minimum absolute atomic E-state index is 0.0520. The fraction of sp³-hybridized carbons (Fsp3) is 0.889. The largest absolute Gasteiger partial charge is 0.393 e. The first-order valence-electron chi connectivity index (χ1n) is 17.3. The second-order valence-corrected chi connectivity index (χ2v) is 11.8.